The van der Waals surface area contributed by atoms with Crippen LogP contribution in [0.3, 0.4) is 0 Å². The van der Waals surface area contributed by atoms with Gasteiger partial charge in [-0.2, -0.15) is 0 Å². The van der Waals surface area contributed by atoms with Gasteiger partial charge in [0.15, 0.2) is 0 Å². The van der Waals surface area contributed by atoms with E-state index in [4.69, 9.17) is 5.11 Å². The van der Waals surface area contributed by atoms with Gasteiger partial charge in [0.25, 0.3) is 0 Å². The molecule has 0 aliphatic heterocycles. The van der Waals surface area contributed by atoms with Crippen LogP contribution < -0.4 is 0 Å². The summed E-state index contributed by atoms with van der Waals surface area (Å²) < 4.78 is 0. The molecule has 96 valence electrons. The minimum Gasteiger partial charge on any atom is -0.481 e. The van der Waals surface area contributed by atoms with Crippen molar-refractivity contribution < 1.29 is 15.0 Å². The van der Waals surface area contributed by atoms with Gasteiger partial charge in [-0.05, 0) is 19.3 Å². The number of aliphatic hydroxyl groups is 1. The third-order valence-corrected chi connectivity index (χ3v) is 2.82. The maximum atomic E-state index is 10.3. The van der Waals surface area contributed by atoms with Crippen LogP contribution in [0.2, 0.25) is 0 Å². The number of carboxylic acid groups (broad SMARTS) is 1. The Morgan fingerprint density at radius 3 is 2.12 bits per heavy atom. The van der Waals surface area contributed by atoms with E-state index in [0.717, 1.165) is 25.7 Å². The molecular weight excluding hydrogens is 204 g/mol. The largest absolute Gasteiger partial charge is 0.481 e. The molecule has 0 aliphatic carbocycles. The summed E-state index contributed by atoms with van der Waals surface area (Å²) in [6.45, 7) is 2.19. The molecule has 1 atom stereocenters. The summed E-state index contributed by atoms with van der Waals surface area (Å²) in [4.78, 5) is 10.3. The van der Waals surface area contributed by atoms with E-state index >= 15 is 0 Å². The molecule has 16 heavy (non-hydrogen) atoms. The fourth-order valence-electron chi connectivity index (χ4n) is 1.78. The van der Waals surface area contributed by atoms with E-state index in [0.29, 0.717) is 6.42 Å². The first-order valence-electron chi connectivity index (χ1n) is 6.56. The Balaban J connectivity index is 3.18. The predicted molar refractivity (Wildman–Crippen MR) is 65.5 cm³/mol. The third kappa shape index (κ3) is 11.5. The van der Waals surface area contributed by atoms with Gasteiger partial charge in [-0.1, -0.05) is 45.4 Å². The van der Waals surface area contributed by atoms with Crippen molar-refractivity contribution in [3.05, 3.63) is 0 Å². The molecule has 0 aromatic rings. The van der Waals surface area contributed by atoms with E-state index in [1.807, 2.05) is 0 Å². The summed E-state index contributed by atoms with van der Waals surface area (Å²) in [5.41, 5.74) is 0. The summed E-state index contributed by atoms with van der Waals surface area (Å²) in [6, 6.07) is 0. The van der Waals surface area contributed by atoms with Crippen molar-refractivity contribution in [1.82, 2.24) is 0 Å². The van der Waals surface area contributed by atoms with Gasteiger partial charge < -0.3 is 10.2 Å². The molecule has 0 aliphatic rings. The number of carboxylic acids is 1. The second-order valence-corrected chi connectivity index (χ2v) is 4.50. The highest BCUT2D eigenvalue weighted by atomic mass is 16.4. The molecular formula is C13H26O3. The van der Waals surface area contributed by atoms with Crippen molar-refractivity contribution in [2.24, 2.45) is 0 Å². The molecule has 0 aromatic heterocycles. The van der Waals surface area contributed by atoms with Crippen molar-refractivity contribution in [1.29, 1.82) is 0 Å². The normalized spacial score (nSPS) is 12.6. The van der Waals surface area contributed by atoms with E-state index in [1.165, 1.54) is 25.7 Å². The highest BCUT2D eigenvalue weighted by Crippen LogP contribution is 2.12. The average molecular weight is 230 g/mol. The first-order valence-corrected chi connectivity index (χ1v) is 6.56. The van der Waals surface area contributed by atoms with E-state index < -0.39 is 5.97 Å². The van der Waals surface area contributed by atoms with E-state index in [2.05, 4.69) is 6.92 Å². The van der Waals surface area contributed by atoms with E-state index in [1.54, 1.807) is 0 Å². The molecule has 2 N–H and O–H groups in total. The standard InChI is InChI=1S/C13H26O3/c1-2-3-4-5-6-9-12(14)10-7-8-11-13(15)16/h12,14H,2-11H2,1H3,(H,15,16). The molecule has 0 radical (unpaired) electrons. The molecule has 0 heterocycles. The number of hydrogen-bond donors (Lipinski definition) is 2. The van der Waals surface area contributed by atoms with Crippen LogP contribution >= 0.6 is 0 Å². The quantitative estimate of drug-likeness (QED) is 0.535. The molecule has 0 spiro atoms. The molecule has 1 unspecified atom stereocenters. The van der Waals surface area contributed by atoms with Crippen LogP contribution in [-0.4, -0.2) is 22.3 Å². The van der Waals surface area contributed by atoms with Crippen LogP contribution in [0, 0.1) is 0 Å². The minimum absolute atomic E-state index is 0.225. The summed E-state index contributed by atoms with van der Waals surface area (Å²) >= 11 is 0. The first-order chi connectivity index (χ1) is 7.66. The first kappa shape index (κ1) is 15.4. The number of aliphatic carboxylic acids is 1. The topological polar surface area (TPSA) is 57.5 Å². The molecule has 0 saturated heterocycles. The molecule has 0 fully saturated rings. The minimum atomic E-state index is -0.742. The Morgan fingerprint density at radius 1 is 1.00 bits per heavy atom. The van der Waals surface area contributed by atoms with E-state index in [-0.39, 0.29) is 12.5 Å². The Morgan fingerprint density at radius 2 is 1.56 bits per heavy atom. The van der Waals surface area contributed by atoms with Gasteiger partial charge in [-0.3, -0.25) is 4.79 Å². The fourth-order valence-corrected chi connectivity index (χ4v) is 1.78. The maximum absolute atomic E-state index is 10.3. The Hall–Kier alpha value is -0.570. The van der Waals surface area contributed by atoms with Gasteiger partial charge in [0.05, 0.1) is 6.10 Å². The van der Waals surface area contributed by atoms with Crippen LogP contribution in [-0.2, 0) is 4.79 Å². The van der Waals surface area contributed by atoms with Crippen molar-refractivity contribution in [2.75, 3.05) is 0 Å². The smallest absolute Gasteiger partial charge is 0.303 e. The Bertz CT molecular complexity index is 169. The maximum Gasteiger partial charge on any atom is 0.303 e. The second kappa shape index (κ2) is 10.9. The zero-order chi connectivity index (χ0) is 12.2. The molecule has 0 saturated carbocycles. The Labute approximate surface area is 98.9 Å². The van der Waals surface area contributed by atoms with Gasteiger partial charge in [0.1, 0.15) is 0 Å². The fraction of sp³-hybridized carbons (Fsp3) is 0.923. The van der Waals surface area contributed by atoms with Crippen molar-refractivity contribution in [3.8, 4) is 0 Å². The molecule has 0 rings (SSSR count). The summed E-state index contributed by atoms with van der Waals surface area (Å²) in [7, 11) is 0. The van der Waals surface area contributed by atoms with Gasteiger partial charge in [-0.15, -0.1) is 0 Å². The van der Waals surface area contributed by atoms with Crippen LogP contribution in [0.4, 0.5) is 0 Å². The Kier molecular flexibility index (Phi) is 10.5. The van der Waals surface area contributed by atoms with Crippen molar-refractivity contribution in [3.63, 3.8) is 0 Å². The predicted octanol–water partition coefficient (Wildman–Crippen LogP) is 3.35. The molecule has 3 nitrogen and oxygen atoms in total. The second-order valence-electron chi connectivity index (χ2n) is 4.50. The lowest BCUT2D eigenvalue weighted by atomic mass is 10.0. The summed E-state index contributed by atoms with van der Waals surface area (Å²) in [6.07, 6.45) is 9.23. The number of carbonyl (C=O) groups is 1. The lowest BCUT2D eigenvalue weighted by Crippen LogP contribution is -2.06. The number of aliphatic hydroxyl groups excluding tert-OH is 1. The summed E-state index contributed by atoms with van der Waals surface area (Å²) in [5, 5.41) is 18.1. The molecule has 0 bridgehead atoms. The van der Waals surface area contributed by atoms with E-state index in [9.17, 15) is 9.90 Å². The van der Waals surface area contributed by atoms with Gasteiger partial charge in [0, 0.05) is 6.42 Å². The van der Waals surface area contributed by atoms with Crippen LogP contribution in [0.25, 0.3) is 0 Å². The highest BCUT2D eigenvalue weighted by Gasteiger charge is 2.04. The van der Waals surface area contributed by atoms with Gasteiger partial charge in [0.2, 0.25) is 0 Å². The van der Waals surface area contributed by atoms with Crippen LogP contribution in [0.15, 0.2) is 0 Å². The monoisotopic (exact) mass is 230 g/mol. The number of hydrogen-bond acceptors (Lipinski definition) is 2. The molecule has 3 heteroatoms. The van der Waals surface area contributed by atoms with Gasteiger partial charge in [-0.25, -0.2) is 0 Å². The zero-order valence-corrected chi connectivity index (χ0v) is 10.5. The number of rotatable bonds is 11. The molecule has 0 amide bonds. The highest BCUT2D eigenvalue weighted by molar-refractivity contribution is 5.66. The zero-order valence-electron chi connectivity index (χ0n) is 10.5. The summed E-state index contributed by atoms with van der Waals surface area (Å²) in [5.74, 6) is -0.742. The van der Waals surface area contributed by atoms with Gasteiger partial charge >= 0.3 is 5.97 Å². The lowest BCUT2D eigenvalue weighted by molar-refractivity contribution is -0.137. The van der Waals surface area contributed by atoms with Crippen molar-refractivity contribution in [2.45, 2.75) is 77.2 Å². The molecule has 0 aromatic carbocycles. The average Bonchev–Trinajstić information content (AvgIpc) is 2.24. The van der Waals surface area contributed by atoms with Crippen LogP contribution in [0.1, 0.15) is 71.1 Å². The number of unbranched alkanes of at least 4 members (excludes halogenated alkanes) is 5. The SMILES string of the molecule is CCCCCCCC(O)CCCCC(=O)O. The lowest BCUT2D eigenvalue weighted by Gasteiger charge is -2.09. The van der Waals surface area contributed by atoms with Crippen molar-refractivity contribution >= 4 is 5.97 Å². The third-order valence-electron chi connectivity index (χ3n) is 2.82. The van der Waals surface area contributed by atoms with Crippen LogP contribution in [0.5, 0.6) is 0 Å².